The van der Waals surface area contributed by atoms with Crippen molar-refractivity contribution in [3.8, 4) is 11.5 Å². The van der Waals surface area contributed by atoms with E-state index in [4.69, 9.17) is 21.1 Å². The number of rotatable bonds is 10. The number of aliphatic hydroxyl groups excluding tert-OH is 1. The third-order valence-electron chi connectivity index (χ3n) is 14.4. The van der Waals surface area contributed by atoms with E-state index in [-0.39, 0.29) is 65.2 Å². The van der Waals surface area contributed by atoms with Crippen LogP contribution in [0.2, 0.25) is 5.02 Å². The molecule has 10 heteroatoms. The maximum absolute atomic E-state index is 15.2. The van der Waals surface area contributed by atoms with Crippen molar-refractivity contribution in [2.45, 2.75) is 103 Å². The average Bonchev–Trinajstić information content (AvgIpc) is 3.39. The Kier molecular flexibility index (Phi) is 9.59. The quantitative estimate of drug-likeness (QED) is 0.214. The van der Waals surface area contributed by atoms with Crippen LogP contribution >= 0.6 is 11.6 Å². The van der Waals surface area contributed by atoms with E-state index in [9.17, 15) is 19.8 Å². The molecule has 2 aromatic carbocycles. The number of methoxy groups -OCH3 is 2. The first-order chi connectivity index (χ1) is 25.1. The number of hydrogen-bond donors (Lipinski definition) is 3. The van der Waals surface area contributed by atoms with Crippen molar-refractivity contribution < 1.29 is 33.7 Å². The molecule has 2 aromatic rings. The van der Waals surface area contributed by atoms with Gasteiger partial charge in [0.05, 0.1) is 39.0 Å². The van der Waals surface area contributed by atoms with Crippen molar-refractivity contribution >= 4 is 23.4 Å². The van der Waals surface area contributed by atoms with E-state index in [1.54, 1.807) is 37.3 Å². The van der Waals surface area contributed by atoms with Crippen LogP contribution in [-0.4, -0.2) is 65.4 Å². The molecule has 0 heterocycles. The zero-order valence-corrected chi connectivity index (χ0v) is 32.6. The van der Waals surface area contributed by atoms with Crippen molar-refractivity contribution in [2.24, 2.45) is 33.5 Å². The Morgan fingerprint density at radius 2 is 1.74 bits per heavy atom. The van der Waals surface area contributed by atoms with Gasteiger partial charge in [-0.05, 0) is 100 Å². The van der Waals surface area contributed by atoms with E-state index in [0.29, 0.717) is 42.8 Å². The lowest BCUT2D eigenvalue weighted by Gasteiger charge is -2.71. The van der Waals surface area contributed by atoms with E-state index in [0.717, 1.165) is 24.8 Å². The highest BCUT2D eigenvalue weighted by molar-refractivity contribution is 6.31. The van der Waals surface area contributed by atoms with Gasteiger partial charge in [-0.3, -0.25) is 4.79 Å². The molecule has 8 nitrogen and oxygen atoms in total. The number of benzene rings is 2. The molecule has 0 radical (unpaired) electrons. The van der Waals surface area contributed by atoms with Gasteiger partial charge in [0, 0.05) is 56.5 Å². The number of carbonyl (C=O) groups excluding carboxylic acids is 2. The second-order valence-corrected chi connectivity index (χ2v) is 17.7. The number of ketones is 1. The summed E-state index contributed by atoms with van der Waals surface area (Å²) < 4.78 is 26.3. The second kappa shape index (κ2) is 13.4. The molecule has 2 amide bonds. The molecule has 6 aliphatic rings. The molecule has 3 fully saturated rings. The van der Waals surface area contributed by atoms with Gasteiger partial charge < -0.3 is 29.9 Å². The van der Waals surface area contributed by atoms with Crippen LogP contribution < -0.4 is 14.8 Å². The Hall–Kier alpha value is -3.40. The third-order valence-corrected chi connectivity index (χ3v) is 14.8. The highest BCUT2D eigenvalue weighted by Crippen LogP contribution is 2.78. The zero-order valence-electron chi connectivity index (χ0n) is 31.8. The van der Waals surface area contributed by atoms with Crippen LogP contribution in [0.25, 0.3) is 0 Å². The molecule has 286 valence electrons. The van der Waals surface area contributed by atoms with Gasteiger partial charge in [0.15, 0.2) is 5.78 Å². The van der Waals surface area contributed by atoms with E-state index < -0.39 is 33.8 Å². The number of Topliss-reactive ketones (excluding diaryl/α,β-unsaturated/α-hetero) is 1. The summed E-state index contributed by atoms with van der Waals surface area (Å²) in [5, 5.41) is 27.3. The first-order valence-corrected chi connectivity index (χ1v) is 19.5. The van der Waals surface area contributed by atoms with Crippen LogP contribution in [0.3, 0.4) is 0 Å². The fraction of sp³-hybridized carbons (Fsp3) is 0.581. The number of ether oxygens (including phenoxy) is 2. The van der Waals surface area contributed by atoms with Crippen molar-refractivity contribution in [1.82, 2.24) is 10.2 Å². The molecule has 0 saturated heterocycles. The van der Waals surface area contributed by atoms with Gasteiger partial charge in [0.2, 0.25) is 0 Å². The first kappa shape index (κ1) is 37.9. The summed E-state index contributed by atoms with van der Waals surface area (Å²) in [6, 6.07) is 9.59. The van der Waals surface area contributed by atoms with Crippen LogP contribution in [0.15, 0.2) is 60.2 Å². The summed E-state index contributed by atoms with van der Waals surface area (Å²) in [4.78, 5) is 30.4. The van der Waals surface area contributed by atoms with E-state index in [1.807, 2.05) is 26.0 Å². The molecule has 3 saturated carbocycles. The molecular formula is C43H54ClFN2O6. The summed E-state index contributed by atoms with van der Waals surface area (Å²) >= 11 is 6.48. The van der Waals surface area contributed by atoms with Gasteiger partial charge in [0.1, 0.15) is 17.3 Å². The predicted molar refractivity (Wildman–Crippen MR) is 202 cm³/mol. The number of nitrogens with zero attached hydrogens (tertiary/aromatic N) is 1. The number of carbonyl (C=O) groups is 2. The highest BCUT2D eigenvalue weighted by atomic mass is 35.5. The highest BCUT2D eigenvalue weighted by Gasteiger charge is 2.74. The van der Waals surface area contributed by atoms with E-state index >= 15 is 4.39 Å². The molecule has 8 unspecified atom stereocenters. The van der Waals surface area contributed by atoms with Gasteiger partial charge in [-0.2, -0.15) is 0 Å². The summed E-state index contributed by atoms with van der Waals surface area (Å²) in [5.41, 5.74) is -1.76. The number of aliphatic hydroxyl groups is 2. The van der Waals surface area contributed by atoms with Crippen LogP contribution in [-0.2, 0) is 17.8 Å². The largest absolute Gasteiger partial charge is 0.497 e. The van der Waals surface area contributed by atoms with E-state index in [1.165, 1.54) is 6.07 Å². The van der Waals surface area contributed by atoms with Gasteiger partial charge in [-0.25, -0.2) is 9.18 Å². The normalized spacial score (nSPS) is 35.2. The molecule has 8 rings (SSSR count). The fourth-order valence-corrected chi connectivity index (χ4v) is 11.9. The molecular weight excluding hydrogens is 695 g/mol. The zero-order chi connectivity index (χ0) is 38.1. The molecule has 0 aromatic heterocycles. The lowest BCUT2D eigenvalue weighted by atomic mass is 9.32. The molecule has 6 aliphatic carbocycles. The minimum absolute atomic E-state index is 0.0804. The first-order valence-electron chi connectivity index (χ1n) is 19.1. The van der Waals surface area contributed by atoms with Crippen molar-refractivity contribution in [3.05, 3.63) is 82.2 Å². The van der Waals surface area contributed by atoms with Crippen molar-refractivity contribution in [3.63, 3.8) is 0 Å². The van der Waals surface area contributed by atoms with Crippen molar-refractivity contribution in [2.75, 3.05) is 20.8 Å². The van der Waals surface area contributed by atoms with E-state index in [2.05, 4.69) is 37.4 Å². The predicted octanol–water partition coefficient (Wildman–Crippen LogP) is 7.82. The number of nitrogens with one attached hydrogen (secondary N) is 1. The Balaban J connectivity index is 1.29. The molecule has 53 heavy (non-hydrogen) atoms. The topological polar surface area (TPSA) is 108 Å². The monoisotopic (exact) mass is 748 g/mol. The van der Waals surface area contributed by atoms with Gasteiger partial charge in [0.25, 0.3) is 0 Å². The number of allylic oxidation sites excluding steroid dienone is 4. The molecule has 2 spiro atoms. The smallest absolute Gasteiger partial charge is 0.317 e. The number of fused-ring (bicyclic) bond motifs is 1. The number of urea groups is 1. The maximum Gasteiger partial charge on any atom is 0.317 e. The van der Waals surface area contributed by atoms with Gasteiger partial charge in [-0.15, -0.1) is 0 Å². The average molecular weight is 749 g/mol. The summed E-state index contributed by atoms with van der Waals surface area (Å²) in [6.07, 6.45) is 10.6. The standard InChI is InChI=1S/C43H54ClFN2O6/c1-26(2)46-38(50)47(24-27-10-11-29(52-5)20-35(27)53-6)25-42(51)17-14-37-40(42,4)16-13-36-39(3)15-12-28(48)22-41(39)18-19-43(36,37)31(23-41)34(49)21-30-32(44)8-7-9-33(30)45/h7-11,18-20,23,26,28,36-37,48,51H,12-17,21-22,24-25H2,1-6H3,(H,46,50). The molecule has 2 bridgehead atoms. The fourth-order valence-electron chi connectivity index (χ4n) is 11.7. The number of amides is 2. The second-order valence-electron chi connectivity index (χ2n) is 17.2. The Morgan fingerprint density at radius 3 is 2.43 bits per heavy atom. The molecule has 0 aliphatic heterocycles. The Bertz CT molecular complexity index is 1840. The third kappa shape index (κ3) is 5.74. The lowest BCUT2D eigenvalue weighted by molar-refractivity contribution is -0.177. The Labute approximate surface area is 317 Å². The SMILES string of the molecule is COc1ccc(CN(CC2(O)CCC3C45C=CC6(C=C4C(=O)Cc4c(F)cccc4Cl)CC(O)CCC6(C)C5CCC32C)C(=O)NC(C)C)c(OC)c1. The van der Waals surface area contributed by atoms with Gasteiger partial charge in [-0.1, -0.05) is 49.7 Å². The molecule has 3 N–H and O–H groups in total. The van der Waals surface area contributed by atoms with Crippen LogP contribution in [0.4, 0.5) is 9.18 Å². The van der Waals surface area contributed by atoms with Crippen LogP contribution in [0.1, 0.15) is 83.8 Å². The van der Waals surface area contributed by atoms with Crippen LogP contribution in [0, 0.1) is 39.3 Å². The minimum Gasteiger partial charge on any atom is -0.497 e. The summed E-state index contributed by atoms with van der Waals surface area (Å²) in [6.45, 7) is 8.60. The molecule has 8 atom stereocenters. The lowest BCUT2D eigenvalue weighted by Crippen LogP contribution is -2.67. The summed E-state index contributed by atoms with van der Waals surface area (Å²) in [7, 11) is 3.17. The van der Waals surface area contributed by atoms with Crippen LogP contribution in [0.5, 0.6) is 11.5 Å². The van der Waals surface area contributed by atoms with Gasteiger partial charge >= 0.3 is 6.03 Å². The van der Waals surface area contributed by atoms with Crippen molar-refractivity contribution in [1.29, 1.82) is 0 Å². The Morgan fingerprint density at radius 1 is 1.02 bits per heavy atom. The number of hydrogen-bond acceptors (Lipinski definition) is 6. The minimum atomic E-state index is -1.28. The number of halogens is 2. The summed E-state index contributed by atoms with van der Waals surface area (Å²) in [5.74, 6) is 0.493. The maximum atomic E-state index is 15.2.